The topological polar surface area (TPSA) is 29.5 Å². The average molecular weight is 407 g/mol. The molecule has 1 heterocycles. The number of benzene rings is 2. The lowest BCUT2D eigenvalue weighted by Gasteiger charge is -2.44. The van der Waals surface area contributed by atoms with Gasteiger partial charge < -0.3 is 9.64 Å². The quantitative estimate of drug-likeness (QED) is 0.575. The highest BCUT2D eigenvalue weighted by atomic mass is 127. The van der Waals surface area contributed by atoms with Crippen molar-refractivity contribution in [3.8, 4) is 5.75 Å². The van der Waals surface area contributed by atoms with E-state index in [1.807, 2.05) is 11.0 Å². The number of halogens is 1. The van der Waals surface area contributed by atoms with Gasteiger partial charge in [0.05, 0.1) is 12.6 Å². The Balaban J connectivity index is 2.18. The van der Waals surface area contributed by atoms with Gasteiger partial charge in [-0.15, -0.1) is 0 Å². The SMILES string of the molecule is COc1ccc2c(c1)CCN(C=O)C2(C)c1ccc(I)cc1. The smallest absolute Gasteiger partial charge is 0.210 e. The van der Waals surface area contributed by atoms with Crippen LogP contribution < -0.4 is 4.74 Å². The number of rotatable bonds is 3. The van der Waals surface area contributed by atoms with Crippen LogP contribution in [0, 0.1) is 3.57 Å². The van der Waals surface area contributed by atoms with Crippen molar-refractivity contribution in [2.24, 2.45) is 0 Å². The highest BCUT2D eigenvalue weighted by Crippen LogP contribution is 2.41. The van der Waals surface area contributed by atoms with Gasteiger partial charge >= 0.3 is 0 Å². The van der Waals surface area contributed by atoms with Crippen molar-refractivity contribution >= 4 is 29.0 Å². The Labute approximate surface area is 144 Å². The standard InChI is InChI=1S/C18H18INO2/c1-18(14-3-5-15(19)6-4-14)17-8-7-16(22-2)11-13(17)9-10-20(18)12-21/h3-8,11-12H,9-10H2,1-2H3. The van der Waals surface area contributed by atoms with Crippen LogP contribution in [0.5, 0.6) is 5.75 Å². The fourth-order valence-corrected chi connectivity index (χ4v) is 3.61. The van der Waals surface area contributed by atoms with E-state index in [1.165, 1.54) is 14.7 Å². The van der Waals surface area contributed by atoms with Crippen LogP contribution in [-0.2, 0) is 16.8 Å². The second-order valence-corrected chi connectivity index (χ2v) is 6.90. The fraction of sp³-hybridized carbons (Fsp3) is 0.278. The summed E-state index contributed by atoms with van der Waals surface area (Å²) in [4.78, 5) is 13.5. The van der Waals surface area contributed by atoms with Crippen LogP contribution in [0.15, 0.2) is 42.5 Å². The molecule has 0 aliphatic carbocycles. The molecule has 2 aromatic rings. The molecule has 1 aliphatic rings. The molecule has 0 aromatic heterocycles. The monoisotopic (exact) mass is 407 g/mol. The van der Waals surface area contributed by atoms with Crippen molar-refractivity contribution in [1.82, 2.24) is 4.90 Å². The Hall–Kier alpha value is -1.56. The van der Waals surface area contributed by atoms with Crippen LogP contribution in [0.3, 0.4) is 0 Å². The number of hydrogen-bond acceptors (Lipinski definition) is 2. The molecule has 0 saturated carbocycles. The van der Waals surface area contributed by atoms with E-state index < -0.39 is 5.54 Å². The molecular formula is C18H18INO2. The Bertz CT molecular complexity index is 699. The number of amides is 1. The summed E-state index contributed by atoms with van der Waals surface area (Å²) in [5, 5.41) is 0. The molecule has 2 aromatic carbocycles. The lowest BCUT2D eigenvalue weighted by molar-refractivity contribution is -0.122. The summed E-state index contributed by atoms with van der Waals surface area (Å²) in [5.41, 5.74) is 3.11. The van der Waals surface area contributed by atoms with Gasteiger partial charge in [-0.3, -0.25) is 4.79 Å². The highest BCUT2D eigenvalue weighted by molar-refractivity contribution is 14.1. The first-order valence-corrected chi connectivity index (χ1v) is 8.33. The van der Waals surface area contributed by atoms with Crippen LogP contribution in [-0.4, -0.2) is 25.0 Å². The normalized spacial score (nSPS) is 20.4. The molecule has 3 rings (SSSR count). The summed E-state index contributed by atoms with van der Waals surface area (Å²) in [6.07, 6.45) is 1.82. The summed E-state index contributed by atoms with van der Waals surface area (Å²) < 4.78 is 6.53. The summed E-state index contributed by atoms with van der Waals surface area (Å²) in [6, 6.07) is 14.5. The lowest BCUT2D eigenvalue weighted by atomic mass is 9.77. The number of methoxy groups -OCH3 is 1. The largest absolute Gasteiger partial charge is 0.497 e. The first kappa shape index (κ1) is 15.3. The van der Waals surface area contributed by atoms with E-state index in [-0.39, 0.29) is 0 Å². The van der Waals surface area contributed by atoms with Crippen LogP contribution in [0.1, 0.15) is 23.6 Å². The van der Waals surface area contributed by atoms with Gasteiger partial charge in [-0.05, 0) is 76.9 Å². The minimum atomic E-state index is -0.439. The third kappa shape index (κ3) is 2.39. The zero-order chi connectivity index (χ0) is 15.7. The molecule has 1 amide bonds. The van der Waals surface area contributed by atoms with Crippen molar-refractivity contribution in [2.75, 3.05) is 13.7 Å². The maximum Gasteiger partial charge on any atom is 0.210 e. The Morgan fingerprint density at radius 1 is 1.23 bits per heavy atom. The third-order valence-corrected chi connectivity index (χ3v) is 5.29. The van der Waals surface area contributed by atoms with E-state index in [9.17, 15) is 4.79 Å². The van der Waals surface area contributed by atoms with E-state index in [1.54, 1.807) is 7.11 Å². The lowest BCUT2D eigenvalue weighted by Crippen LogP contribution is -2.48. The fourth-order valence-electron chi connectivity index (χ4n) is 3.25. The first-order valence-electron chi connectivity index (χ1n) is 7.25. The van der Waals surface area contributed by atoms with Gasteiger partial charge in [0.2, 0.25) is 6.41 Å². The highest BCUT2D eigenvalue weighted by Gasteiger charge is 2.39. The van der Waals surface area contributed by atoms with E-state index in [0.29, 0.717) is 6.54 Å². The third-order valence-electron chi connectivity index (χ3n) is 4.57. The molecule has 0 bridgehead atoms. The second-order valence-electron chi connectivity index (χ2n) is 5.65. The summed E-state index contributed by atoms with van der Waals surface area (Å²) in [5.74, 6) is 0.864. The maximum atomic E-state index is 11.6. The minimum absolute atomic E-state index is 0.439. The number of carbonyl (C=O) groups is 1. The molecule has 0 saturated heterocycles. The number of carbonyl (C=O) groups excluding carboxylic acids is 1. The average Bonchev–Trinajstić information content (AvgIpc) is 2.55. The first-order chi connectivity index (χ1) is 10.6. The van der Waals surface area contributed by atoms with Crippen molar-refractivity contribution in [3.05, 3.63) is 62.7 Å². The summed E-state index contributed by atoms with van der Waals surface area (Å²) >= 11 is 2.30. The molecule has 1 atom stereocenters. The van der Waals surface area contributed by atoms with Crippen molar-refractivity contribution in [3.63, 3.8) is 0 Å². The van der Waals surface area contributed by atoms with Gasteiger partial charge in [0, 0.05) is 10.1 Å². The zero-order valence-electron chi connectivity index (χ0n) is 12.7. The van der Waals surface area contributed by atoms with Crippen LogP contribution in [0.25, 0.3) is 0 Å². The van der Waals surface area contributed by atoms with Crippen molar-refractivity contribution in [1.29, 1.82) is 0 Å². The molecule has 0 radical (unpaired) electrons. The molecule has 1 aliphatic heterocycles. The predicted molar refractivity (Wildman–Crippen MR) is 95.1 cm³/mol. The maximum absolute atomic E-state index is 11.6. The molecule has 0 spiro atoms. The molecule has 4 heteroatoms. The van der Waals surface area contributed by atoms with Gasteiger partial charge in [-0.2, -0.15) is 0 Å². The Morgan fingerprint density at radius 3 is 2.59 bits per heavy atom. The summed E-state index contributed by atoms with van der Waals surface area (Å²) in [6.45, 7) is 2.83. The van der Waals surface area contributed by atoms with Gasteiger partial charge in [-0.25, -0.2) is 0 Å². The van der Waals surface area contributed by atoms with Gasteiger partial charge in [0.15, 0.2) is 0 Å². The van der Waals surface area contributed by atoms with Crippen molar-refractivity contribution in [2.45, 2.75) is 18.9 Å². The van der Waals surface area contributed by atoms with E-state index in [2.05, 4.69) is 65.9 Å². The van der Waals surface area contributed by atoms with E-state index in [0.717, 1.165) is 24.1 Å². The number of ether oxygens (including phenoxy) is 1. The second kappa shape index (κ2) is 5.91. The Morgan fingerprint density at radius 2 is 1.95 bits per heavy atom. The molecule has 0 N–H and O–H groups in total. The molecule has 22 heavy (non-hydrogen) atoms. The molecule has 0 fully saturated rings. The van der Waals surface area contributed by atoms with E-state index in [4.69, 9.17) is 4.74 Å². The van der Waals surface area contributed by atoms with Crippen molar-refractivity contribution < 1.29 is 9.53 Å². The Kier molecular flexibility index (Phi) is 4.12. The zero-order valence-corrected chi connectivity index (χ0v) is 14.8. The van der Waals surface area contributed by atoms with Gasteiger partial charge in [0.25, 0.3) is 0 Å². The van der Waals surface area contributed by atoms with Crippen LogP contribution in [0.2, 0.25) is 0 Å². The number of nitrogens with zero attached hydrogens (tertiary/aromatic N) is 1. The van der Waals surface area contributed by atoms with E-state index >= 15 is 0 Å². The minimum Gasteiger partial charge on any atom is -0.497 e. The predicted octanol–water partition coefficient (Wildman–Crippen LogP) is 3.58. The molecule has 1 unspecified atom stereocenters. The molecule has 3 nitrogen and oxygen atoms in total. The van der Waals surface area contributed by atoms with Gasteiger partial charge in [-0.1, -0.05) is 18.2 Å². The summed E-state index contributed by atoms with van der Waals surface area (Å²) in [7, 11) is 1.68. The van der Waals surface area contributed by atoms with Crippen LogP contribution in [0.4, 0.5) is 0 Å². The number of hydrogen-bond donors (Lipinski definition) is 0. The van der Waals surface area contributed by atoms with Crippen LogP contribution >= 0.6 is 22.6 Å². The molecule has 114 valence electrons. The molecular weight excluding hydrogens is 389 g/mol. The number of fused-ring (bicyclic) bond motifs is 1. The van der Waals surface area contributed by atoms with Gasteiger partial charge in [0.1, 0.15) is 5.75 Å².